The average molecular weight is 286 g/mol. The van der Waals surface area contributed by atoms with Crippen LogP contribution in [0.3, 0.4) is 0 Å². The number of rotatable bonds is 7. The molecule has 0 aliphatic carbocycles. The summed E-state index contributed by atoms with van der Waals surface area (Å²) in [4.78, 5) is 0. The summed E-state index contributed by atoms with van der Waals surface area (Å²) < 4.78 is 0. The molecule has 2 rings (SSSR count). The standard InChI is InChI=1S/C17H22N2O2/c1-18-12-11-16(20)17(21)14-9-5-6-10-15(14)19-13-7-3-2-4-8-13/h2-10,16-21H,11-12H2,1H3. The van der Waals surface area contributed by atoms with Gasteiger partial charge in [-0.1, -0.05) is 36.4 Å². The number of para-hydroxylation sites is 2. The van der Waals surface area contributed by atoms with Gasteiger partial charge in [-0.05, 0) is 38.2 Å². The molecule has 2 unspecified atom stereocenters. The molecule has 112 valence electrons. The van der Waals surface area contributed by atoms with E-state index in [-0.39, 0.29) is 0 Å². The Hall–Kier alpha value is -1.88. The van der Waals surface area contributed by atoms with E-state index < -0.39 is 12.2 Å². The molecule has 0 aromatic heterocycles. The highest BCUT2D eigenvalue weighted by Gasteiger charge is 2.20. The van der Waals surface area contributed by atoms with Gasteiger partial charge < -0.3 is 20.8 Å². The van der Waals surface area contributed by atoms with E-state index in [0.29, 0.717) is 18.5 Å². The van der Waals surface area contributed by atoms with Gasteiger partial charge in [0, 0.05) is 16.9 Å². The second kappa shape index (κ2) is 7.78. The third kappa shape index (κ3) is 4.29. The Balaban J connectivity index is 2.16. The summed E-state index contributed by atoms with van der Waals surface area (Å²) in [6.07, 6.45) is -1.21. The number of anilines is 2. The first-order valence-corrected chi connectivity index (χ1v) is 7.14. The number of aliphatic hydroxyl groups excluding tert-OH is 2. The van der Waals surface area contributed by atoms with Crippen molar-refractivity contribution in [1.29, 1.82) is 0 Å². The SMILES string of the molecule is CNCCC(O)C(O)c1ccccc1Nc1ccccc1. The Kier molecular flexibility index (Phi) is 5.75. The maximum absolute atomic E-state index is 10.4. The molecule has 0 spiro atoms. The van der Waals surface area contributed by atoms with E-state index in [1.54, 1.807) is 0 Å². The monoisotopic (exact) mass is 286 g/mol. The molecule has 0 bridgehead atoms. The van der Waals surface area contributed by atoms with Crippen LogP contribution in [0.1, 0.15) is 18.1 Å². The fourth-order valence-corrected chi connectivity index (χ4v) is 2.20. The van der Waals surface area contributed by atoms with E-state index >= 15 is 0 Å². The minimum Gasteiger partial charge on any atom is -0.390 e. The fourth-order valence-electron chi connectivity index (χ4n) is 2.20. The molecule has 0 aliphatic heterocycles. The first-order chi connectivity index (χ1) is 10.2. The Morgan fingerprint density at radius 3 is 2.33 bits per heavy atom. The zero-order chi connectivity index (χ0) is 15.1. The molecule has 2 aromatic carbocycles. The molecule has 0 radical (unpaired) electrons. The van der Waals surface area contributed by atoms with Crippen molar-refractivity contribution in [2.45, 2.75) is 18.6 Å². The lowest BCUT2D eigenvalue weighted by Crippen LogP contribution is -2.23. The highest BCUT2D eigenvalue weighted by Crippen LogP contribution is 2.28. The molecular formula is C17H22N2O2. The second-order valence-corrected chi connectivity index (χ2v) is 4.98. The molecular weight excluding hydrogens is 264 g/mol. The minimum atomic E-state index is -0.911. The van der Waals surface area contributed by atoms with Crippen LogP contribution in [0.15, 0.2) is 54.6 Å². The van der Waals surface area contributed by atoms with Crippen LogP contribution in [0, 0.1) is 0 Å². The van der Waals surface area contributed by atoms with E-state index in [2.05, 4.69) is 10.6 Å². The number of benzene rings is 2. The molecule has 21 heavy (non-hydrogen) atoms. The van der Waals surface area contributed by atoms with Gasteiger partial charge in [-0.3, -0.25) is 0 Å². The van der Waals surface area contributed by atoms with Crippen molar-refractivity contribution in [2.75, 3.05) is 18.9 Å². The predicted molar refractivity (Wildman–Crippen MR) is 85.7 cm³/mol. The number of nitrogens with one attached hydrogen (secondary N) is 2. The molecule has 4 heteroatoms. The molecule has 0 amide bonds. The Labute approximate surface area is 125 Å². The van der Waals surface area contributed by atoms with Crippen LogP contribution in [0.25, 0.3) is 0 Å². The first-order valence-electron chi connectivity index (χ1n) is 7.14. The molecule has 0 saturated carbocycles. The van der Waals surface area contributed by atoms with Crippen LogP contribution in [0.4, 0.5) is 11.4 Å². The van der Waals surface area contributed by atoms with Gasteiger partial charge in [-0.25, -0.2) is 0 Å². The zero-order valence-electron chi connectivity index (χ0n) is 12.2. The number of hydrogen-bond acceptors (Lipinski definition) is 4. The summed E-state index contributed by atoms with van der Waals surface area (Å²) in [5, 5.41) is 26.7. The van der Waals surface area contributed by atoms with Gasteiger partial charge in [0.15, 0.2) is 0 Å². The van der Waals surface area contributed by atoms with Crippen molar-refractivity contribution >= 4 is 11.4 Å². The third-order valence-corrected chi connectivity index (χ3v) is 3.39. The highest BCUT2D eigenvalue weighted by atomic mass is 16.3. The largest absolute Gasteiger partial charge is 0.390 e. The summed E-state index contributed by atoms with van der Waals surface area (Å²) in [5.74, 6) is 0. The van der Waals surface area contributed by atoms with Gasteiger partial charge in [0.05, 0.1) is 6.10 Å². The van der Waals surface area contributed by atoms with Crippen LogP contribution in [0.2, 0.25) is 0 Å². The van der Waals surface area contributed by atoms with E-state index in [0.717, 1.165) is 11.4 Å². The van der Waals surface area contributed by atoms with E-state index in [9.17, 15) is 10.2 Å². The van der Waals surface area contributed by atoms with Crippen LogP contribution in [0.5, 0.6) is 0 Å². The van der Waals surface area contributed by atoms with Crippen LogP contribution in [-0.4, -0.2) is 29.9 Å². The topological polar surface area (TPSA) is 64.5 Å². The maximum atomic E-state index is 10.4. The van der Waals surface area contributed by atoms with Crippen LogP contribution >= 0.6 is 0 Å². The maximum Gasteiger partial charge on any atom is 0.107 e. The molecule has 4 N–H and O–H groups in total. The average Bonchev–Trinajstić information content (AvgIpc) is 2.53. The zero-order valence-corrected chi connectivity index (χ0v) is 12.2. The smallest absolute Gasteiger partial charge is 0.107 e. The van der Waals surface area contributed by atoms with E-state index in [1.165, 1.54) is 0 Å². The van der Waals surface area contributed by atoms with Gasteiger partial charge in [-0.2, -0.15) is 0 Å². The lowest BCUT2D eigenvalue weighted by atomic mass is 10.00. The summed E-state index contributed by atoms with van der Waals surface area (Å²) in [6, 6.07) is 17.3. The first kappa shape index (κ1) is 15.5. The van der Waals surface area contributed by atoms with Crippen molar-refractivity contribution in [3.63, 3.8) is 0 Å². The minimum absolute atomic E-state index is 0.497. The molecule has 2 aromatic rings. The predicted octanol–water partition coefficient (Wildman–Crippen LogP) is 2.43. The van der Waals surface area contributed by atoms with Gasteiger partial charge in [0.25, 0.3) is 0 Å². The molecule has 2 atom stereocenters. The highest BCUT2D eigenvalue weighted by molar-refractivity contribution is 5.63. The summed E-state index contributed by atoms with van der Waals surface area (Å²) in [7, 11) is 1.82. The Morgan fingerprint density at radius 1 is 0.952 bits per heavy atom. The number of hydrogen-bond donors (Lipinski definition) is 4. The van der Waals surface area contributed by atoms with Crippen molar-refractivity contribution < 1.29 is 10.2 Å². The number of aliphatic hydroxyl groups is 2. The molecule has 4 nitrogen and oxygen atoms in total. The lowest BCUT2D eigenvalue weighted by molar-refractivity contribution is 0.0144. The third-order valence-electron chi connectivity index (χ3n) is 3.39. The van der Waals surface area contributed by atoms with E-state index in [4.69, 9.17) is 0 Å². The second-order valence-electron chi connectivity index (χ2n) is 4.98. The molecule has 0 fully saturated rings. The van der Waals surface area contributed by atoms with Crippen LogP contribution < -0.4 is 10.6 Å². The van der Waals surface area contributed by atoms with E-state index in [1.807, 2.05) is 61.6 Å². The molecule has 0 saturated heterocycles. The molecule has 0 heterocycles. The van der Waals surface area contributed by atoms with Gasteiger partial charge in [-0.15, -0.1) is 0 Å². The summed E-state index contributed by atoms with van der Waals surface area (Å²) >= 11 is 0. The quantitative estimate of drug-likeness (QED) is 0.631. The van der Waals surface area contributed by atoms with Crippen molar-refractivity contribution in [3.05, 3.63) is 60.2 Å². The van der Waals surface area contributed by atoms with Crippen molar-refractivity contribution in [3.8, 4) is 0 Å². The van der Waals surface area contributed by atoms with Gasteiger partial charge >= 0.3 is 0 Å². The summed E-state index contributed by atoms with van der Waals surface area (Å²) in [5.41, 5.74) is 2.45. The molecule has 0 aliphatic rings. The fraction of sp³-hybridized carbons (Fsp3) is 0.294. The normalized spacial score (nSPS) is 13.7. The lowest BCUT2D eigenvalue weighted by Gasteiger charge is -2.21. The van der Waals surface area contributed by atoms with Crippen molar-refractivity contribution in [1.82, 2.24) is 5.32 Å². The van der Waals surface area contributed by atoms with Gasteiger partial charge in [0.1, 0.15) is 6.10 Å². The van der Waals surface area contributed by atoms with Gasteiger partial charge in [0.2, 0.25) is 0 Å². The van der Waals surface area contributed by atoms with Crippen LogP contribution in [-0.2, 0) is 0 Å². The summed E-state index contributed by atoms with van der Waals surface area (Å²) in [6.45, 7) is 0.659. The Bertz CT molecular complexity index is 545. The Morgan fingerprint density at radius 2 is 1.62 bits per heavy atom. The van der Waals surface area contributed by atoms with Crippen molar-refractivity contribution in [2.24, 2.45) is 0 Å².